The van der Waals surface area contributed by atoms with Gasteiger partial charge in [-0.15, -0.1) is 0 Å². The van der Waals surface area contributed by atoms with E-state index >= 15 is 0 Å². The van der Waals surface area contributed by atoms with E-state index in [0.717, 1.165) is 21.4 Å². The van der Waals surface area contributed by atoms with Gasteiger partial charge in [0.25, 0.3) is 0 Å². The van der Waals surface area contributed by atoms with E-state index in [1.54, 1.807) is 17.1 Å². The third kappa shape index (κ3) is 4.80. The van der Waals surface area contributed by atoms with Crippen LogP contribution in [0.3, 0.4) is 0 Å². The molecule has 0 aliphatic heterocycles. The Labute approximate surface area is 159 Å². The highest BCUT2D eigenvalue weighted by Crippen LogP contribution is 2.16. The predicted molar refractivity (Wildman–Crippen MR) is 107 cm³/mol. The van der Waals surface area contributed by atoms with Crippen LogP contribution in [0.5, 0.6) is 0 Å². The van der Waals surface area contributed by atoms with Crippen molar-refractivity contribution in [2.75, 3.05) is 10.6 Å². The van der Waals surface area contributed by atoms with E-state index in [9.17, 15) is 0 Å². The molecule has 7 heteroatoms. The van der Waals surface area contributed by atoms with Crippen LogP contribution in [0.25, 0.3) is 0 Å². The maximum Gasteiger partial charge on any atom is 0.175 e. The third-order valence-corrected chi connectivity index (χ3v) is 4.16. The molecule has 1 aromatic heterocycles. The van der Waals surface area contributed by atoms with Crippen molar-refractivity contribution < 1.29 is 0 Å². The van der Waals surface area contributed by atoms with Crippen molar-refractivity contribution in [3.63, 3.8) is 0 Å². The molecule has 0 bridgehead atoms. The summed E-state index contributed by atoms with van der Waals surface area (Å²) < 4.78 is 2.82. The zero-order chi connectivity index (χ0) is 16.9. The largest absolute Gasteiger partial charge is 0.332 e. The first-order chi connectivity index (χ1) is 11.6. The van der Waals surface area contributed by atoms with Crippen LogP contribution >= 0.6 is 39.7 Å². The van der Waals surface area contributed by atoms with Gasteiger partial charge in [0.15, 0.2) is 5.11 Å². The molecule has 3 rings (SSSR count). The Balaban J connectivity index is 1.63. The standard InChI is InChI=1S/C17H14BrClN4S/c18-13-4-6-15(7-5-13)21-17(24)22-16-3-1-2-12(8-16)10-23-11-14(19)9-20-23/h1-9,11H,10H2,(H2,21,22,24). The maximum atomic E-state index is 5.89. The summed E-state index contributed by atoms with van der Waals surface area (Å²) in [6.45, 7) is 0.648. The number of nitrogens with one attached hydrogen (secondary N) is 2. The van der Waals surface area contributed by atoms with Crippen LogP contribution in [0, 0.1) is 0 Å². The first-order valence-corrected chi connectivity index (χ1v) is 8.77. The summed E-state index contributed by atoms with van der Waals surface area (Å²) in [5.74, 6) is 0. The third-order valence-electron chi connectivity index (χ3n) is 3.23. The van der Waals surface area contributed by atoms with E-state index in [0.29, 0.717) is 16.7 Å². The number of rotatable bonds is 4. The Morgan fingerprint density at radius 3 is 2.58 bits per heavy atom. The van der Waals surface area contributed by atoms with E-state index in [-0.39, 0.29) is 0 Å². The lowest BCUT2D eigenvalue weighted by Crippen LogP contribution is -2.19. The summed E-state index contributed by atoms with van der Waals surface area (Å²) in [6.07, 6.45) is 3.42. The molecule has 0 unspecified atom stereocenters. The van der Waals surface area contributed by atoms with Crippen LogP contribution in [-0.2, 0) is 6.54 Å². The van der Waals surface area contributed by atoms with Crippen molar-refractivity contribution in [1.29, 1.82) is 0 Å². The Morgan fingerprint density at radius 2 is 1.88 bits per heavy atom. The van der Waals surface area contributed by atoms with Crippen LogP contribution < -0.4 is 10.6 Å². The SMILES string of the molecule is S=C(Nc1ccc(Br)cc1)Nc1cccc(Cn2cc(Cl)cn2)c1. The molecule has 0 atom stereocenters. The quantitative estimate of drug-likeness (QED) is 0.571. The monoisotopic (exact) mass is 420 g/mol. The molecule has 0 aliphatic rings. The first-order valence-electron chi connectivity index (χ1n) is 7.19. The molecule has 0 radical (unpaired) electrons. The molecule has 2 N–H and O–H groups in total. The van der Waals surface area contributed by atoms with Crippen molar-refractivity contribution in [1.82, 2.24) is 9.78 Å². The molecule has 122 valence electrons. The number of nitrogens with zero attached hydrogens (tertiary/aromatic N) is 2. The molecular formula is C17H14BrClN4S. The molecule has 0 amide bonds. The highest BCUT2D eigenvalue weighted by molar-refractivity contribution is 9.10. The molecule has 0 fully saturated rings. The lowest BCUT2D eigenvalue weighted by atomic mass is 10.2. The summed E-state index contributed by atoms with van der Waals surface area (Å²) in [4.78, 5) is 0. The summed E-state index contributed by atoms with van der Waals surface area (Å²) >= 11 is 14.7. The second kappa shape index (κ2) is 7.79. The molecule has 3 aromatic rings. The first kappa shape index (κ1) is 17.0. The second-order valence-electron chi connectivity index (χ2n) is 5.14. The van der Waals surface area contributed by atoms with E-state index in [1.165, 1.54) is 0 Å². The highest BCUT2D eigenvalue weighted by Gasteiger charge is 2.02. The van der Waals surface area contributed by atoms with E-state index < -0.39 is 0 Å². The van der Waals surface area contributed by atoms with Crippen LogP contribution in [0.2, 0.25) is 5.02 Å². The van der Waals surface area contributed by atoms with Gasteiger partial charge in [0, 0.05) is 22.0 Å². The zero-order valence-electron chi connectivity index (χ0n) is 12.5. The van der Waals surface area contributed by atoms with Gasteiger partial charge in [-0.3, -0.25) is 4.68 Å². The number of aromatic nitrogens is 2. The van der Waals surface area contributed by atoms with Crippen LogP contribution in [0.1, 0.15) is 5.56 Å². The van der Waals surface area contributed by atoms with Gasteiger partial charge in [-0.1, -0.05) is 39.7 Å². The average Bonchev–Trinajstić information content (AvgIpc) is 2.95. The fourth-order valence-electron chi connectivity index (χ4n) is 2.19. The lowest BCUT2D eigenvalue weighted by Gasteiger charge is -2.12. The van der Waals surface area contributed by atoms with Gasteiger partial charge in [-0.05, 0) is 54.2 Å². The molecule has 24 heavy (non-hydrogen) atoms. The molecule has 0 aliphatic carbocycles. The van der Waals surface area contributed by atoms with Crippen molar-refractivity contribution in [3.8, 4) is 0 Å². The number of thiocarbonyl (C=S) groups is 1. The maximum absolute atomic E-state index is 5.89. The molecular weight excluding hydrogens is 408 g/mol. The minimum atomic E-state index is 0.539. The Bertz CT molecular complexity index is 848. The summed E-state index contributed by atoms with van der Waals surface area (Å²) in [7, 11) is 0. The smallest absolute Gasteiger partial charge is 0.175 e. The number of anilines is 2. The van der Waals surface area contributed by atoms with Crippen molar-refractivity contribution in [3.05, 3.63) is 76.0 Å². The minimum absolute atomic E-state index is 0.539. The molecule has 0 saturated carbocycles. The minimum Gasteiger partial charge on any atom is -0.332 e. The van der Waals surface area contributed by atoms with Crippen molar-refractivity contribution in [2.24, 2.45) is 0 Å². The van der Waals surface area contributed by atoms with Gasteiger partial charge in [0.2, 0.25) is 0 Å². The number of halogens is 2. The van der Waals surface area contributed by atoms with Crippen LogP contribution in [0.4, 0.5) is 11.4 Å². The van der Waals surface area contributed by atoms with Gasteiger partial charge in [0.05, 0.1) is 17.8 Å². The van der Waals surface area contributed by atoms with Gasteiger partial charge in [0.1, 0.15) is 0 Å². The average molecular weight is 422 g/mol. The van der Waals surface area contributed by atoms with Gasteiger partial charge in [-0.2, -0.15) is 5.10 Å². The molecule has 4 nitrogen and oxygen atoms in total. The summed E-state index contributed by atoms with van der Waals surface area (Å²) in [5.41, 5.74) is 2.95. The zero-order valence-corrected chi connectivity index (χ0v) is 15.7. The van der Waals surface area contributed by atoms with E-state index in [4.69, 9.17) is 23.8 Å². The highest BCUT2D eigenvalue weighted by atomic mass is 79.9. The topological polar surface area (TPSA) is 41.9 Å². The Hall–Kier alpha value is -1.89. The van der Waals surface area contributed by atoms with Gasteiger partial charge < -0.3 is 10.6 Å². The molecule has 0 spiro atoms. The normalized spacial score (nSPS) is 10.4. The fraction of sp³-hybridized carbons (Fsp3) is 0.0588. The molecule has 1 heterocycles. The predicted octanol–water partition coefficient (Wildman–Crippen LogP) is 5.16. The van der Waals surface area contributed by atoms with Crippen molar-refractivity contribution in [2.45, 2.75) is 6.54 Å². The van der Waals surface area contributed by atoms with Gasteiger partial charge in [-0.25, -0.2) is 0 Å². The number of hydrogen-bond donors (Lipinski definition) is 2. The number of benzene rings is 2. The van der Waals surface area contributed by atoms with E-state index in [2.05, 4.69) is 31.7 Å². The number of hydrogen-bond acceptors (Lipinski definition) is 2. The van der Waals surface area contributed by atoms with Crippen molar-refractivity contribution >= 4 is 56.2 Å². The fourth-order valence-corrected chi connectivity index (χ4v) is 2.84. The summed E-state index contributed by atoms with van der Waals surface area (Å²) in [5, 5.41) is 11.7. The van der Waals surface area contributed by atoms with Crippen LogP contribution in [-0.4, -0.2) is 14.9 Å². The Kier molecular flexibility index (Phi) is 5.50. The molecule has 0 saturated heterocycles. The van der Waals surface area contributed by atoms with Crippen LogP contribution in [0.15, 0.2) is 65.4 Å². The molecule has 2 aromatic carbocycles. The van der Waals surface area contributed by atoms with E-state index in [1.807, 2.05) is 48.5 Å². The lowest BCUT2D eigenvalue weighted by molar-refractivity contribution is 0.687. The Morgan fingerprint density at radius 1 is 1.12 bits per heavy atom. The second-order valence-corrected chi connectivity index (χ2v) is 6.90. The summed E-state index contributed by atoms with van der Waals surface area (Å²) in [6, 6.07) is 15.8. The van der Waals surface area contributed by atoms with Gasteiger partial charge >= 0.3 is 0 Å².